The largest absolute Gasteiger partial charge is 0.386 e. The Labute approximate surface area is 107 Å². The van der Waals surface area contributed by atoms with Gasteiger partial charge in [-0.25, -0.2) is 10.4 Å². The van der Waals surface area contributed by atoms with Crippen LogP contribution in [0.15, 0.2) is 17.5 Å². The number of nitrogens with one attached hydrogen (secondary N) is 1. The molecule has 1 fully saturated rings. The van der Waals surface area contributed by atoms with Crippen LogP contribution < -0.4 is 5.43 Å². The van der Waals surface area contributed by atoms with Gasteiger partial charge in [0, 0.05) is 37.1 Å². The number of hydrazine groups is 1. The van der Waals surface area contributed by atoms with Gasteiger partial charge in [-0.1, -0.05) is 6.07 Å². The van der Waals surface area contributed by atoms with Gasteiger partial charge in [0.05, 0.1) is 0 Å². The second-order valence-corrected chi connectivity index (χ2v) is 5.65. The second kappa shape index (κ2) is 5.93. The first kappa shape index (κ1) is 13.0. The van der Waals surface area contributed by atoms with Crippen LogP contribution in [0.25, 0.3) is 0 Å². The van der Waals surface area contributed by atoms with Crippen molar-refractivity contribution in [3.63, 3.8) is 0 Å². The van der Waals surface area contributed by atoms with Crippen LogP contribution in [-0.4, -0.2) is 54.3 Å². The molecule has 96 valence electrons. The van der Waals surface area contributed by atoms with Crippen molar-refractivity contribution in [1.29, 1.82) is 0 Å². The SMILES string of the molecule is CC(NN1CCN(C)CC1)C(O)c1cccs1. The lowest BCUT2D eigenvalue weighted by atomic mass is 10.1. The lowest BCUT2D eigenvalue weighted by Crippen LogP contribution is -2.54. The molecule has 0 saturated carbocycles. The fourth-order valence-electron chi connectivity index (χ4n) is 2.00. The van der Waals surface area contributed by atoms with Gasteiger partial charge in [0.1, 0.15) is 6.10 Å². The van der Waals surface area contributed by atoms with E-state index in [1.54, 1.807) is 11.3 Å². The number of piperazine rings is 1. The van der Waals surface area contributed by atoms with E-state index in [4.69, 9.17) is 0 Å². The summed E-state index contributed by atoms with van der Waals surface area (Å²) < 4.78 is 0. The van der Waals surface area contributed by atoms with E-state index < -0.39 is 6.10 Å². The Bertz CT molecular complexity index is 323. The van der Waals surface area contributed by atoms with E-state index >= 15 is 0 Å². The predicted molar refractivity (Wildman–Crippen MR) is 70.9 cm³/mol. The van der Waals surface area contributed by atoms with Crippen LogP contribution in [0.5, 0.6) is 0 Å². The maximum absolute atomic E-state index is 10.2. The van der Waals surface area contributed by atoms with Gasteiger partial charge < -0.3 is 10.0 Å². The first-order chi connectivity index (χ1) is 8.16. The van der Waals surface area contributed by atoms with Crippen LogP contribution in [0, 0.1) is 0 Å². The van der Waals surface area contributed by atoms with Crippen LogP contribution in [0.2, 0.25) is 0 Å². The summed E-state index contributed by atoms with van der Waals surface area (Å²) in [5.41, 5.74) is 3.39. The zero-order valence-electron chi connectivity index (χ0n) is 10.5. The molecule has 1 aliphatic heterocycles. The third-order valence-electron chi connectivity index (χ3n) is 3.20. The zero-order chi connectivity index (χ0) is 12.3. The molecule has 5 heteroatoms. The summed E-state index contributed by atoms with van der Waals surface area (Å²) in [4.78, 5) is 3.34. The molecule has 1 aromatic heterocycles. The van der Waals surface area contributed by atoms with Gasteiger partial charge in [0.25, 0.3) is 0 Å². The van der Waals surface area contributed by atoms with E-state index in [1.807, 2.05) is 24.4 Å². The fraction of sp³-hybridized carbons (Fsp3) is 0.667. The Hall–Kier alpha value is -0.460. The van der Waals surface area contributed by atoms with Crippen molar-refractivity contribution in [2.45, 2.75) is 19.1 Å². The minimum Gasteiger partial charge on any atom is -0.386 e. The van der Waals surface area contributed by atoms with Crippen LogP contribution in [0.4, 0.5) is 0 Å². The zero-order valence-corrected chi connectivity index (χ0v) is 11.3. The van der Waals surface area contributed by atoms with E-state index in [1.165, 1.54) is 0 Å². The Morgan fingerprint density at radius 1 is 1.35 bits per heavy atom. The summed E-state index contributed by atoms with van der Waals surface area (Å²) in [5.74, 6) is 0. The minimum atomic E-state index is -0.422. The molecule has 0 bridgehead atoms. The van der Waals surface area contributed by atoms with Crippen molar-refractivity contribution in [3.05, 3.63) is 22.4 Å². The average Bonchev–Trinajstić information content (AvgIpc) is 2.84. The lowest BCUT2D eigenvalue weighted by molar-refractivity contribution is 0.0450. The van der Waals surface area contributed by atoms with Gasteiger partial charge in [-0.3, -0.25) is 0 Å². The molecule has 4 nitrogen and oxygen atoms in total. The van der Waals surface area contributed by atoms with Crippen molar-refractivity contribution in [2.24, 2.45) is 0 Å². The molecule has 1 aliphatic rings. The molecular formula is C12H21N3OS. The number of hydrogen-bond acceptors (Lipinski definition) is 5. The normalized spacial score (nSPS) is 22.5. The number of aliphatic hydroxyl groups is 1. The summed E-state index contributed by atoms with van der Waals surface area (Å²) in [6.45, 7) is 6.21. The molecule has 0 radical (unpaired) electrons. The number of aliphatic hydroxyl groups excluding tert-OH is 1. The Kier molecular flexibility index (Phi) is 4.53. The van der Waals surface area contributed by atoms with Crippen LogP contribution >= 0.6 is 11.3 Å². The second-order valence-electron chi connectivity index (χ2n) is 4.67. The molecule has 2 heterocycles. The Morgan fingerprint density at radius 3 is 2.65 bits per heavy atom. The average molecular weight is 255 g/mol. The van der Waals surface area contributed by atoms with E-state index in [0.717, 1.165) is 31.1 Å². The van der Waals surface area contributed by atoms with Gasteiger partial charge in [-0.05, 0) is 25.4 Å². The molecule has 2 N–H and O–H groups in total. The molecule has 2 unspecified atom stereocenters. The first-order valence-corrected chi connectivity index (χ1v) is 6.96. The summed E-state index contributed by atoms with van der Waals surface area (Å²) in [6, 6.07) is 4.01. The summed E-state index contributed by atoms with van der Waals surface area (Å²) in [5, 5.41) is 14.4. The Morgan fingerprint density at radius 2 is 2.06 bits per heavy atom. The van der Waals surface area contributed by atoms with E-state index in [0.29, 0.717) is 0 Å². The third-order valence-corrected chi connectivity index (χ3v) is 4.14. The van der Waals surface area contributed by atoms with Crippen molar-refractivity contribution in [2.75, 3.05) is 33.2 Å². The van der Waals surface area contributed by atoms with Gasteiger partial charge in [0.15, 0.2) is 0 Å². The van der Waals surface area contributed by atoms with Crippen molar-refractivity contribution >= 4 is 11.3 Å². The molecule has 0 spiro atoms. The molecule has 0 aromatic carbocycles. The maximum atomic E-state index is 10.2. The maximum Gasteiger partial charge on any atom is 0.104 e. The highest BCUT2D eigenvalue weighted by molar-refractivity contribution is 7.10. The highest BCUT2D eigenvalue weighted by Crippen LogP contribution is 2.21. The molecule has 1 saturated heterocycles. The minimum absolute atomic E-state index is 0.0528. The number of hydrogen-bond donors (Lipinski definition) is 2. The summed E-state index contributed by atoms with van der Waals surface area (Å²) in [6.07, 6.45) is -0.422. The number of thiophene rings is 1. The van der Waals surface area contributed by atoms with Crippen molar-refractivity contribution in [1.82, 2.24) is 15.3 Å². The monoisotopic (exact) mass is 255 g/mol. The Balaban J connectivity index is 1.82. The molecule has 1 aromatic rings. The molecule has 17 heavy (non-hydrogen) atoms. The van der Waals surface area contributed by atoms with E-state index in [9.17, 15) is 5.11 Å². The van der Waals surface area contributed by atoms with E-state index in [2.05, 4.69) is 22.4 Å². The standard InChI is InChI=1S/C12H21N3OS/c1-10(12(16)11-4-3-9-17-11)13-15-7-5-14(2)6-8-15/h3-4,9-10,12-13,16H,5-8H2,1-2H3. The summed E-state index contributed by atoms with van der Waals surface area (Å²) in [7, 11) is 2.14. The van der Waals surface area contributed by atoms with Gasteiger partial charge in [0.2, 0.25) is 0 Å². The highest BCUT2D eigenvalue weighted by Gasteiger charge is 2.21. The van der Waals surface area contributed by atoms with E-state index in [-0.39, 0.29) is 6.04 Å². The van der Waals surface area contributed by atoms with Crippen LogP contribution in [0.3, 0.4) is 0 Å². The van der Waals surface area contributed by atoms with Crippen LogP contribution in [-0.2, 0) is 0 Å². The first-order valence-electron chi connectivity index (χ1n) is 6.08. The molecule has 0 aliphatic carbocycles. The predicted octanol–water partition coefficient (Wildman–Crippen LogP) is 0.922. The molecule has 2 rings (SSSR count). The lowest BCUT2D eigenvalue weighted by Gasteiger charge is -2.35. The van der Waals surface area contributed by atoms with Crippen molar-refractivity contribution < 1.29 is 5.11 Å². The quantitative estimate of drug-likeness (QED) is 0.839. The number of rotatable bonds is 4. The van der Waals surface area contributed by atoms with Crippen LogP contribution in [0.1, 0.15) is 17.9 Å². The highest BCUT2D eigenvalue weighted by atomic mass is 32.1. The number of nitrogens with zero attached hydrogens (tertiary/aromatic N) is 2. The third kappa shape index (κ3) is 3.50. The fourth-order valence-corrected chi connectivity index (χ4v) is 2.82. The van der Waals surface area contributed by atoms with Gasteiger partial charge in [-0.2, -0.15) is 0 Å². The van der Waals surface area contributed by atoms with Crippen molar-refractivity contribution in [3.8, 4) is 0 Å². The number of likely N-dealkylation sites (N-methyl/N-ethyl adjacent to an activating group) is 1. The summed E-state index contributed by atoms with van der Waals surface area (Å²) >= 11 is 1.61. The molecule has 2 atom stereocenters. The molecular weight excluding hydrogens is 234 g/mol. The molecule has 0 amide bonds. The van der Waals surface area contributed by atoms with Gasteiger partial charge in [-0.15, -0.1) is 11.3 Å². The smallest absolute Gasteiger partial charge is 0.104 e. The van der Waals surface area contributed by atoms with Gasteiger partial charge >= 0.3 is 0 Å². The topological polar surface area (TPSA) is 38.7 Å².